The van der Waals surface area contributed by atoms with Gasteiger partial charge in [-0.1, -0.05) is 18.2 Å². The number of para-hydroxylation sites is 1. The van der Waals surface area contributed by atoms with Crippen LogP contribution in [0.5, 0.6) is 17.2 Å². The summed E-state index contributed by atoms with van der Waals surface area (Å²) in [6.45, 7) is 4.64. The van der Waals surface area contributed by atoms with Gasteiger partial charge in [0.2, 0.25) is 0 Å². The fourth-order valence-electron chi connectivity index (χ4n) is 3.25. The Bertz CT molecular complexity index is 748. The molecule has 3 rings (SSSR count). The predicted octanol–water partition coefficient (Wildman–Crippen LogP) is 2.65. The SMILES string of the molecule is CCOc1ccc(OCC(=O)N2CCNCC2c2ccccc2OC)cc1. The maximum Gasteiger partial charge on any atom is 0.261 e. The van der Waals surface area contributed by atoms with Crippen LogP contribution in [0.3, 0.4) is 0 Å². The van der Waals surface area contributed by atoms with Crippen molar-refractivity contribution < 1.29 is 19.0 Å². The molecule has 6 heteroatoms. The number of nitrogens with one attached hydrogen (secondary N) is 1. The molecule has 0 spiro atoms. The number of carbonyl (C=O) groups excluding carboxylic acids is 1. The number of rotatable bonds is 7. The van der Waals surface area contributed by atoms with Gasteiger partial charge in [-0.15, -0.1) is 0 Å². The monoisotopic (exact) mass is 370 g/mol. The number of amides is 1. The quantitative estimate of drug-likeness (QED) is 0.812. The number of piperazine rings is 1. The molecule has 0 bridgehead atoms. The number of nitrogens with zero attached hydrogens (tertiary/aromatic N) is 1. The number of hydrogen-bond donors (Lipinski definition) is 1. The second kappa shape index (κ2) is 9.28. The third-order valence-electron chi connectivity index (χ3n) is 4.56. The molecule has 0 aromatic heterocycles. The van der Waals surface area contributed by atoms with E-state index in [0.29, 0.717) is 25.4 Å². The van der Waals surface area contributed by atoms with Crippen molar-refractivity contribution in [1.29, 1.82) is 0 Å². The highest BCUT2D eigenvalue weighted by Crippen LogP contribution is 2.30. The van der Waals surface area contributed by atoms with E-state index in [1.54, 1.807) is 7.11 Å². The van der Waals surface area contributed by atoms with Crippen LogP contribution in [0, 0.1) is 0 Å². The predicted molar refractivity (Wildman–Crippen MR) is 103 cm³/mol. The molecule has 2 aromatic rings. The van der Waals surface area contributed by atoms with Crippen molar-refractivity contribution in [2.24, 2.45) is 0 Å². The average molecular weight is 370 g/mol. The van der Waals surface area contributed by atoms with Gasteiger partial charge in [-0.3, -0.25) is 4.79 Å². The van der Waals surface area contributed by atoms with Gasteiger partial charge in [0.05, 0.1) is 19.8 Å². The summed E-state index contributed by atoms with van der Waals surface area (Å²) in [6.07, 6.45) is 0. The molecule has 144 valence electrons. The standard InChI is InChI=1S/C21H26N2O4/c1-3-26-16-8-10-17(11-9-16)27-15-21(24)23-13-12-22-14-19(23)18-6-4-5-7-20(18)25-2/h4-11,19,22H,3,12-15H2,1-2H3. The van der Waals surface area contributed by atoms with E-state index < -0.39 is 0 Å². The molecule has 1 fully saturated rings. The topological polar surface area (TPSA) is 60.0 Å². The van der Waals surface area contributed by atoms with Crippen molar-refractivity contribution in [1.82, 2.24) is 10.2 Å². The van der Waals surface area contributed by atoms with E-state index >= 15 is 0 Å². The van der Waals surface area contributed by atoms with E-state index in [-0.39, 0.29) is 18.6 Å². The summed E-state index contributed by atoms with van der Waals surface area (Å²) >= 11 is 0. The summed E-state index contributed by atoms with van der Waals surface area (Å²) in [4.78, 5) is 14.7. The van der Waals surface area contributed by atoms with Gasteiger partial charge in [0.15, 0.2) is 6.61 Å². The van der Waals surface area contributed by atoms with E-state index in [9.17, 15) is 4.79 Å². The first kappa shape index (κ1) is 19.0. The lowest BCUT2D eigenvalue weighted by Crippen LogP contribution is -2.50. The highest BCUT2D eigenvalue weighted by molar-refractivity contribution is 5.78. The summed E-state index contributed by atoms with van der Waals surface area (Å²) in [5.41, 5.74) is 1.00. The molecular weight excluding hydrogens is 344 g/mol. The molecule has 6 nitrogen and oxygen atoms in total. The van der Waals surface area contributed by atoms with Crippen molar-refractivity contribution in [3.8, 4) is 17.2 Å². The van der Waals surface area contributed by atoms with Gasteiger partial charge < -0.3 is 24.4 Å². The van der Waals surface area contributed by atoms with Gasteiger partial charge in [0, 0.05) is 25.2 Å². The summed E-state index contributed by atoms with van der Waals surface area (Å²) in [7, 11) is 1.65. The molecule has 27 heavy (non-hydrogen) atoms. The molecule has 1 heterocycles. The maximum atomic E-state index is 12.8. The third-order valence-corrected chi connectivity index (χ3v) is 4.56. The van der Waals surface area contributed by atoms with Gasteiger partial charge >= 0.3 is 0 Å². The smallest absolute Gasteiger partial charge is 0.261 e. The van der Waals surface area contributed by atoms with E-state index in [2.05, 4.69) is 5.32 Å². The Morgan fingerprint density at radius 3 is 2.52 bits per heavy atom. The fourth-order valence-corrected chi connectivity index (χ4v) is 3.25. The average Bonchev–Trinajstić information content (AvgIpc) is 2.73. The summed E-state index contributed by atoms with van der Waals surface area (Å²) in [6, 6.07) is 15.0. The Morgan fingerprint density at radius 2 is 1.81 bits per heavy atom. The molecular formula is C21H26N2O4. The minimum Gasteiger partial charge on any atom is -0.496 e. The Labute approximate surface area is 160 Å². The van der Waals surface area contributed by atoms with Crippen molar-refractivity contribution in [3.05, 3.63) is 54.1 Å². The minimum absolute atomic E-state index is 0.000366. The van der Waals surface area contributed by atoms with Gasteiger partial charge in [-0.2, -0.15) is 0 Å². The zero-order valence-corrected chi connectivity index (χ0v) is 15.8. The third kappa shape index (κ3) is 4.71. The molecule has 1 N–H and O–H groups in total. The van der Waals surface area contributed by atoms with E-state index in [0.717, 1.165) is 23.6 Å². The molecule has 1 saturated heterocycles. The van der Waals surface area contributed by atoms with Crippen LogP contribution in [0.25, 0.3) is 0 Å². The summed E-state index contributed by atoms with van der Waals surface area (Å²) < 4.78 is 16.6. The molecule has 1 aliphatic heterocycles. The van der Waals surface area contributed by atoms with Crippen LogP contribution in [-0.4, -0.2) is 50.8 Å². The largest absolute Gasteiger partial charge is 0.496 e. The lowest BCUT2D eigenvalue weighted by Gasteiger charge is -2.37. The molecule has 2 aromatic carbocycles. The van der Waals surface area contributed by atoms with Gasteiger partial charge in [-0.05, 0) is 37.3 Å². The molecule has 1 unspecified atom stereocenters. The van der Waals surface area contributed by atoms with Crippen LogP contribution in [0.2, 0.25) is 0 Å². The van der Waals surface area contributed by atoms with Crippen LogP contribution in [0.15, 0.2) is 48.5 Å². The van der Waals surface area contributed by atoms with Crippen LogP contribution in [-0.2, 0) is 4.79 Å². The first-order valence-electron chi connectivity index (χ1n) is 9.21. The number of carbonyl (C=O) groups is 1. The normalized spacial score (nSPS) is 16.7. The molecule has 1 atom stereocenters. The van der Waals surface area contributed by atoms with Crippen molar-refractivity contribution in [2.45, 2.75) is 13.0 Å². The molecule has 1 aliphatic rings. The van der Waals surface area contributed by atoms with Gasteiger partial charge in [-0.25, -0.2) is 0 Å². The van der Waals surface area contributed by atoms with Crippen molar-refractivity contribution >= 4 is 5.91 Å². The number of hydrogen-bond acceptors (Lipinski definition) is 5. The fraction of sp³-hybridized carbons (Fsp3) is 0.381. The Morgan fingerprint density at radius 1 is 1.11 bits per heavy atom. The lowest BCUT2D eigenvalue weighted by atomic mass is 10.0. The molecule has 0 saturated carbocycles. The van der Waals surface area contributed by atoms with Crippen molar-refractivity contribution in [3.63, 3.8) is 0 Å². The first-order chi connectivity index (χ1) is 13.2. The van der Waals surface area contributed by atoms with Gasteiger partial charge in [0.1, 0.15) is 17.2 Å². The van der Waals surface area contributed by atoms with Crippen LogP contribution in [0.1, 0.15) is 18.5 Å². The summed E-state index contributed by atoms with van der Waals surface area (Å²) in [5.74, 6) is 2.18. The Hall–Kier alpha value is -2.73. The number of ether oxygens (including phenoxy) is 3. The number of benzene rings is 2. The second-order valence-corrected chi connectivity index (χ2v) is 6.24. The van der Waals surface area contributed by atoms with E-state index in [1.165, 1.54) is 0 Å². The highest BCUT2D eigenvalue weighted by Gasteiger charge is 2.29. The summed E-state index contributed by atoms with van der Waals surface area (Å²) in [5, 5.41) is 3.36. The zero-order chi connectivity index (χ0) is 19.1. The molecule has 0 radical (unpaired) electrons. The second-order valence-electron chi connectivity index (χ2n) is 6.24. The maximum absolute atomic E-state index is 12.8. The first-order valence-corrected chi connectivity index (χ1v) is 9.21. The minimum atomic E-state index is -0.0775. The van der Waals surface area contributed by atoms with E-state index in [1.807, 2.05) is 60.4 Å². The zero-order valence-electron chi connectivity index (χ0n) is 15.8. The highest BCUT2D eigenvalue weighted by atomic mass is 16.5. The van der Waals surface area contributed by atoms with Crippen LogP contribution in [0.4, 0.5) is 0 Å². The number of methoxy groups -OCH3 is 1. The van der Waals surface area contributed by atoms with Crippen LogP contribution < -0.4 is 19.5 Å². The Kier molecular flexibility index (Phi) is 6.54. The van der Waals surface area contributed by atoms with E-state index in [4.69, 9.17) is 14.2 Å². The van der Waals surface area contributed by atoms with Crippen molar-refractivity contribution in [2.75, 3.05) is 40.0 Å². The molecule has 0 aliphatic carbocycles. The van der Waals surface area contributed by atoms with Gasteiger partial charge in [0.25, 0.3) is 5.91 Å². The Balaban J connectivity index is 1.66. The van der Waals surface area contributed by atoms with Crippen LogP contribution >= 0.6 is 0 Å². The molecule has 1 amide bonds. The lowest BCUT2D eigenvalue weighted by molar-refractivity contribution is -0.136.